The Labute approximate surface area is 129 Å². The highest BCUT2D eigenvalue weighted by Crippen LogP contribution is 2.27. The summed E-state index contributed by atoms with van der Waals surface area (Å²) in [5, 5.41) is 0.127. The second kappa shape index (κ2) is 5.85. The molecule has 1 aliphatic rings. The van der Waals surface area contributed by atoms with Crippen LogP contribution in [-0.2, 0) is 12.8 Å². The van der Waals surface area contributed by atoms with Gasteiger partial charge in [-0.3, -0.25) is 0 Å². The third-order valence-corrected chi connectivity index (χ3v) is 3.67. The highest BCUT2D eigenvalue weighted by Gasteiger charge is 2.12. The van der Waals surface area contributed by atoms with Crippen molar-refractivity contribution in [3.8, 4) is 11.8 Å². The van der Waals surface area contributed by atoms with E-state index < -0.39 is 0 Å². The summed E-state index contributed by atoms with van der Waals surface area (Å²) in [6.45, 7) is 0. The minimum atomic E-state index is 0.127. The van der Waals surface area contributed by atoms with E-state index in [1.54, 1.807) is 4.90 Å². The van der Waals surface area contributed by atoms with Crippen molar-refractivity contribution in [3.63, 3.8) is 0 Å². The summed E-state index contributed by atoms with van der Waals surface area (Å²) in [6.07, 6.45) is 4.76. The van der Waals surface area contributed by atoms with Crippen molar-refractivity contribution < 1.29 is 4.74 Å². The van der Waals surface area contributed by atoms with Gasteiger partial charge in [-0.05, 0) is 60.5 Å². The first-order chi connectivity index (χ1) is 10.1. The van der Waals surface area contributed by atoms with Gasteiger partial charge in [-0.25, -0.2) is 0 Å². The third-order valence-electron chi connectivity index (χ3n) is 3.50. The van der Waals surface area contributed by atoms with Gasteiger partial charge in [-0.2, -0.15) is 15.0 Å². The van der Waals surface area contributed by atoms with Gasteiger partial charge in [0.2, 0.25) is 11.2 Å². The fourth-order valence-electron chi connectivity index (χ4n) is 2.45. The Kier molecular flexibility index (Phi) is 3.92. The number of aryl methyl sites for hydroxylation is 2. The standard InChI is InChI=1S/C15H17ClN4O/c1-20(2)14-17-13(16)18-15(19-14)21-12-8-7-10-5-3-4-6-11(10)9-12/h7-9H,3-6H2,1-2H3. The average Bonchev–Trinajstić information content (AvgIpc) is 2.46. The van der Waals surface area contributed by atoms with Gasteiger partial charge < -0.3 is 9.64 Å². The van der Waals surface area contributed by atoms with Crippen LogP contribution >= 0.6 is 11.6 Å². The van der Waals surface area contributed by atoms with E-state index in [1.807, 2.05) is 20.2 Å². The van der Waals surface area contributed by atoms with E-state index in [4.69, 9.17) is 16.3 Å². The maximum atomic E-state index is 5.91. The number of ether oxygens (including phenoxy) is 1. The molecule has 0 saturated carbocycles. The zero-order valence-electron chi connectivity index (χ0n) is 12.1. The van der Waals surface area contributed by atoms with Crippen molar-refractivity contribution in [2.45, 2.75) is 25.7 Å². The van der Waals surface area contributed by atoms with Gasteiger partial charge in [0.1, 0.15) is 5.75 Å². The monoisotopic (exact) mass is 304 g/mol. The summed E-state index contributed by atoms with van der Waals surface area (Å²) in [6, 6.07) is 6.37. The number of benzene rings is 1. The highest BCUT2D eigenvalue weighted by molar-refractivity contribution is 6.28. The second-order valence-electron chi connectivity index (χ2n) is 5.32. The lowest BCUT2D eigenvalue weighted by Crippen LogP contribution is -2.13. The largest absolute Gasteiger partial charge is 0.424 e. The third kappa shape index (κ3) is 3.24. The fourth-order valence-corrected chi connectivity index (χ4v) is 2.59. The molecule has 0 aliphatic heterocycles. The molecule has 5 nitrogen and oxygen atoms in total. The maximum absolute atomic E-state index is 5.91. The van der Waals surface area contributed by atoms with Crippen LogP contribution in [0.4, 0.5) is 5.95 Å². The number of rotatable bonds is 3. The van der Waals surface area contributed by atoms with Gasteiger partial charge in [0.05, 0.1) is 0 Å². The lowest BCUT2D eigenvalue weighted by atomic mass is 9.92. The van der Waals surface area contributed by atoms with Gasteiger partial charge in [-0.15, -0.1) is 0 Å². The van der Waals surface area contributed by atoms with E-state index in [1.165, 1.54) is 24.0 Å². The Hall–Kier alpha value is -1.88. The zero-order chi connectivity index (χ0) is 14.8. The lowest BCUT2D eigenvalue weighted by molar-refractivity contribution is 0.438. The first kappa shape index (κ1) is 14.1. The summed E-state index contributed by atoms with van der Waals surface area (Å²) in [5.74, 6) is 1.21. The van der Waals surface area contributed by atoms with Crippen molar-refractivity contribution in [1.82, 2.24) is 15.0 Å². The molecular weight excluding hydrogens is 288 g/mol. The number of nitrogens with zero attached hydrogens (tertiary/aromatic N) is 4. The first-order valence-electron chi connectivity index (χ1n) is 7.00. The van der Waals surface area contributed by atoms with Gasteiger partial charge >= 0.3 is 6.01 Å². The first-order valence-corrected chi connectivity index (χ1v) is 7.38. The predicted molar refractivity (Wildman–Crippen MR) is 82.3 cm³/mol. The SMILES string of the molecule is CN(C)c1nc(Cl)nc(Oc2ccc3c(c2)CCCC3)n1. The average molecular weight is 305 g/mol. The number of aromatic nitrogens is 3. The van der Waals surface area contributed by atoms with Gasteiger partial charge in [-0.1, -0.05) is 6.07 Å². The lowest BCUT2D eigenvalue weighted by Gasteiger charge is -2.16. The topological polar surface area (TPSA) is 51.1 Å². The second-order valence-corrected chi connectivity index (χ2v) is 5.66. The Balaban J connectivity index is 1.86. The number of hydrogen-bond donors (Lipinski definition) is 0. The van der Waals surface area contributed by atoms with E-state index in [0.29, 0.717) is 5.95 Å². The van der Waals surface area contributed by atoms with Crippen LogP contribution in [-0.4, -0.2) is 29.0 Å². The normalized spacial score (nSPS) is 13.7. The summed E-state index contributed by atoms with van der Waals surface area (Å²) in [7, 11) is 3.68. The summed E-state index contributed by atoms with van der Waals surface area (Å²) in [5.41, 5.74) is 2.77. The molecule has 0 saturated heterocycles. The quantitative estimate of drug-likeness (QED) is 0.871. The predicted octanol–water partition coefficient (Wildman–Crippen LogP) is 3.26. The number of halogens is 1. The molecule has 0 unspecified atom stereocenters. The maximum Gasteiger partial charge on any atom is 0.328 e. The molecule has 1 aliphatic carbocycles. The Bertz CT molecular complexity index is 660. The Morgan fingerprint density at radius 1 is 1.05 bits per heavy atom. The highest BCUT2D eigenvalue weighted by atomic mass is 35.5. The zero-order valence-corrected chi connectivity index (χ0v) is 12.9. The van der Waals surface area contributed by atoms with Crippen molar-refractivity contribution in [3.05, 3.63) is 34.6 Å². The minimum Gasteiger partial charge on any atom is -0.424 e. The molecule has 0 atom stereocenters. The van der Waals surface area contributed by atoms with Crippen molar-refractivity contribution in [2.75, 3.05) is 19.0 Å². The van der Waals surface area contributed by atoms with Crippen LogP contribution in [0, 0.1) is 0 Å². The van der Waals surface area contributed by atoms with Crippen LogP contribution in [0.5, 0.6) is 11.8 Å². The molecule has 1 heterocycles. The van der Waals surface area contributed by atoms with Crippen molar-refractivity contribution >= 4 is 17.5 Å². The van der Waals surface area contributed by atoms with E-state index in [0.717, 1.165) is 18.6 Å². The number of fused-ring (bicyclic) bond motifs is 1. The van der Waals surface area contributed by atoms with Crippen molar-refractivity contribution in [2.24, 2.45) is 0 Å². The van der Waals surface area contributed by atoms with Crippen LogP contribution in [0.15, 0.2) is 18.2 Å². The van der Waals surface area contributed by atoms with Gasteiger partial charge in [0.25, 0.3) is 0 Å². The molecule has 1 aromatic carbocycles. The smallest absolute Gasteiger partial charge is 0.328 e. The van der Waals surface area contributed by atoms with E-state index in [9.17, 15) is 0 Å². The number of anilines is 1. The fraction of sp³-hybridized carbons (Fsp3) is 0.400. The molecule has 0 fully saturated rings. The van der Waals surface area contributed by atoms with Crippen LogP contribution in [0.1, 0.15) is 24.0 Å². The molecule has 1 aromatic heterocycles. The molecule has 0 amide bonds. The van der Waals surface area contributed by atoms with E-state index in [-0.39, 0.29) is 11.3 Å². The Morgan fingerprint density at radius 3 is 2.57 bits per heavy atom. The molecule has 2 aromatic rings. The Morgan fingerprint density at radius 2 is 1.81 bits per heavy atom. The van der Waals surface area contributed by atoms with Gasteiger partial charge in [0.15, 0.2) is 0 Å². The minimum absolute atomic E-state index is 0.127. The molecular formula is C15H17ClN4O. The molecule has 110 valence electrons. The van der Waals surface area contributed by atoms with Crippen molar-refractivity contribution in [1.29, 1.82) is 0 Å². The summed E-state index contributed by atoms with van der Waals surface area (Å²) in [4.78, 5) is 14.0. The van der Waals surface area contributed by atoms with Crippen LogP contribution in [0.2, 0.25) is 5.28 Å². The molecule has 0 bridgehead atoms. The van der Waals surface area contributed by atoms with Crippen LogP contribution < -0.4 is 9.64 Å². The van der Waals surface area contributed by atoms with Crippen LogP contribution in [0.3, 0.4) is 0 Å². The molecule has 3 rings (SSSR count). The molecule has 0 N–H and O–H groups in total. The van der Waals surface area contributed by atoms with Gasteiger partial charge in [0, 0.05) is 14.1 Å². The molecule has 0 radical (unpaired) electrons. The molecule has 21 heavy (non-hydrogen) atoms. The number of hydrogen-bond acceptors (Lipinski definition) is 5. The summed E-state index contributed by atoms with van der Waals surface area (Å²) >= 11 is 5.91. The van der Waals surface area contributed by atoms with E-state index in [2.05, 4.69) is 27.1 Å². The summed E-state index contributed by atoms with van der Waals surface area (Å²) < 4.78 is 5.74. The molecule has 6 heteroatoms. The van der Waals surface area contributed by atoms with E-state index >= 15 is 0 Å². The molecule has 0 spiro atoms. The van der Waals surface area contributed by atoms with Crippen LogP contribution in [0.25, 0.3) is 0 Å².